The highest BCUT2D eigenvalue weighted by Crippen LogP contribution is 2.39. The molecule has 0 fully saturated rings. The lowest BCUT2D eigenvalue weighted by molar-refractivity contribution is 0.451. The Morgan fingerprint density at radius 1 is 1.31 bits per heavy atom. The minimum atomic E-state index is 0.772. The van der Waals surface area contributed by atoms with Crippen LogP contribution < -0.4 is 0 Å². The van der Waals surface area contributed by atoms with Crippen LogP contribution in [0.15, 0.2) is 18.6 Å². The molecule has 4 heterocycles. The maximum Gasteiger partial charge on any atom is 0.167 e. The van der Waals surface area contributed by atoms with Gasteiger partial charge in [-0.15, -0.1) is 16.4 Å². The zero-order chi connectivity index (χ0) is 17.7. The van der Waals surface area contributed by atoms with Crippen molar-refractivity contribution in [3.05, 3.63) is 40.5 Å². The van der Waals surface area contributed by atoms with E-state index >= 15 is 0 Å². The summed E-state index contributed by atoms with van der Waals surface area (Å²) >= 11 is 1.85. The summed E-state index contributed by atoms with van der Waals surface area (Å²) in [5.74, 6) is 1.67. The van der Waals surface area contributed by atoms with E-state index in [1.165, 1.54) is 35.1 Å². The lowest BCUT2D eigenvalue weighted by Crippen LogP contribution is -2.11. The van der Waals surface area contributed by atoms with Crippen molar-refractivity contribution >= 4 is 27.2 Å². The molecule has 7 heteroatoms. The third-order valence-electron chi connectivity index (χ3n) is 5.45. The molecule has 1 aliphatic carbocycles. The van der Waals surface area contributed by atoms with Crippen LogP contribution in [-0.2, 0) is 25.8 Å². The van der Waals surface area contributed by atoms with Crippen molar-refractivity contribution in [3.8, 4) is 0 Å². The summed E-state index contributed by atoms with van der Waals surface area (Å²) in [5.41, 5.74) is 3.47. The molecule has 0 bridgehead atoms. The monoisotopic (exact) mass is 366 g/mol. The predicted molar refractivity (Wildman–Crippen MR) is 103 cm³/mol. The van der Waals surface area contributed by atoms with Gasteiger partial charge in [0.25, 0.3) is 0 Å². The van der Waals surface area contributed by atoms with E-state index in [-0.39, 0.29) is 0 Å². The number of aryl methyl sites for hydroxylation is 4. The molecular formula is C19H22N6S. The summed E-state index contributed by atoms with van der Waals surface area (Å²) < 4.78 is 3.80. The highest BCUT2D eigenvalue weighted by molar-refractivity contribution is 7.19. The second-order valence-electron chi connectivity index (χ2n) is 7.21. The Morgan fingerprint density at radius 2 is 2.23 bits per heavy atom. The van der Waals surface area contributed by atoms with Crippen molar-refractivity contribution in [1.82, 2.24) is 29.4 Å². The number of thiophene rings is 1. The van der Waals surface area contributed by atoms with Gasteiger partial charge in [0.05, 0.1) is 11.1 Å². The molecule has 0 amide bonds. The molecule has 0 spiro atoms. The average molecular weight is 366 g/mol. The molecule has 0 aliphatic heterocycles. The molecule has 26 heavy (non-hydrogen) atoms. The van der Waals surface area contributed by atoms with Crippen LogP contribution >= 0.6 is 11.3 Å². The van der Waals surface area contributed by atoms with Crippen LogP contribution in [-0.4, -0.2) is 29.4 Å². The van der Waals surface area contributed by atoms with Gasteiger partial charge in [-0.05, 0) is 43.7 Å². The first kappa shape index (κ1) is 15.9. The molecule has 134 valence electrons. The lowest BCUT2D eigenvalue weighted by atomic mass is 9.86. The maximum absolute atomic E-state index is 4.86. The standard InChI is InChI=1S/C19H22N6S/c1-3-13-4-5-14-15(10-13)26-19-17(14)18-21-16(23-25(18)11-20-19)7-9-24-8-6-12(2)22-24/h6,8,11,13H,3-5,7,9-10H2,1-2H3/t13-/m0/s1. The Bertz CT molecular complexity index is 1090. The van der Waals surface area contributed by atoms with Crippen molar-refractivity contribution in [2.24, 2.45) is 5.92 Å². The van der Waals surface area contributed by atoms with Crippen LogP contribution in [0.3, 0.4) is 0 Å². The van der Waals surface area contributed by atoms with E-state index in [1.54, 1.807) is 0 Å². The number of rotatable bonds is 4. The molecule has 0 N–H and O–H groups in total. The second kappa shape index (κ2) is 6.16. The smallest absolute Gasteiger partial charge is 0.167 e. The third kappa shape index (κ3) is 2.61. The molecule has 0 unspecified atom stereocenters. The molecule has 6 nitrogen and oxygen atoms in total. The van der Waals surface area contributed by atoms with Crippen molar-refractivity contribution in [3.63, 3.8) is 0 Å². The van der Waals surface area contributed by atoms with E-state index in [9.17, 15) is 0 Å². The Balaban J connectivity index is 1.51. The lowest BCUT2D eigenvalue weighted by Gasteiger charge is -2.20. The van der Waals surface area contributed by atoms with E-state index in [1.807, 2.05) is 46.0 Å². The number of hydrogen-bond donors (Lipinski definition) is 0. The highest BCUT2D eigenvalue weighted by atomic mass is 32.1. The number of fused-ring (bicyclic) bond motifs is 5. The predicted octanol–water partition coefficient (Wildman–Crippen LogP) is 3.60. The molecule has 4 aromatic heterocycles. The third-order valence-corrected chi connectivity index (χ3v) is 6.61. The Hall–Kier alpha value is -2.28. The van der Waals surface area contributed by atoms with Crippen molar-refractivity contribution in [2.45, 2.75) is 52.5 Å². The Kier molecular flexibility index (Phi) is 3.77. The summed E-state index contributed by atoms with van der Waals surface area (Å²) in [7, 11) is 0. The summed E-state index contributed by atoms with van der Waals surface area (Å²) in [5, 5.41) is 10.3. The molecule has 4 aromatic rings. The maximum atomic E-state index is 4.86. The zero-order valence-corrected chi connectivity index (χ0v) is 16.0. The number of hydrogen-bond acceptors (Lipinski definition) is 5. The van der Waals surface area contributed by atoms with Crippen LogP contribution in [0.1, 0.15) is 41.7 Å². The van der Waals surface area contributed by atoms with Gasteiger partial charge in [-0.2, -0.15) is 5.10 Å². The SMILES string of the molecule is CC[C@H]1CCc2c(sc3ncn4nc(CCn5ccc(C)n5)nc4c23)C1. The summed E-state index contributed by atoms with van der Waals surface area (Å²) in [6, 6.07) is 2.02. The fraction of sp³-hybridized carbons (Fsp3) is 0.474. The van der Waals surface area contributed by atoms with Gasteiger partial charge >= 0.3 is 0 Å². The van der Waals surface area contributed by atoms with Crippen LogP contribution in [0.5, 0.6) is 0 Å². The molecular weight excluding hydrogens is 344 g/mol. The normalized spacial score (nSPS) is 17.2. The first-order chi connectivity index (χ1) is 12.7. The van der Waals surface area contributed by atoms with Gasteiger partial charge in [-0.1, -0.05) is 13.3 Å². The Labute approximate surface area is 155 Å². The molecule has 0 radical (unpaired) electrons. The van der Waals surface area contributed by atoms with Crippen LogP contribution in [0, 0.1) is 12.8 Å². The molecule has 0 saturated carbocycles. The summed E-state index contributed by atoms with van der Waals surface area (Å²) in [4.78, 5) is 12.1. The first-order valence-corrected chi connectivity index (χ1v) is 10.2. The zero-order valence-electron chi connectivity index (χ0n) is 15.1. The molecule has 5 rings (SSSR count). The van der Waals surface area contributed by atoms with E-state index in [4.69, 9.17) is 4.98 Å². The largest absolute Gasteiger partial charge is 0.272 e. The van der Waals surface area contributed by atoms with Crippen molar-refractivity contribution < 1.29 is 0 Å². The van der Waals surface area contributed by atoms with E-state index in [0.717, 1.165) is 47.3 Å². The van der Waals surface area contributed by atoms with E-state index in [0.29, 0.717) is 0 Å². The summed E-state index contributed by atoms with van der Waals surface area (Å²) in [6.45, 7) is 5.09. The van der Waals surface area contributed by atoms with Crippen molar-refractivity contribution in [1.29, 1.82) is 0 Å². The van der Waals surface area contributed by atoms with Crippen molar-refractivity contribution in [2.75, 3.05) is 0 Å². The quantitative estimate of drug-likeness (QED) is 0.554. The van der Waals surface area contributed by atoms with Gasteiger partial charge in [0, 0.05) is 24.0 Å². The first-order valence-electron chi connectivity index (χ1n) is 9.36. The molecule has 0 saturated heterocycles. The van der Waals surface area contributed by atoms with Gasteiger partial charge in [0.2, 0.25) is 0 Å². The minimum absolute atomic E-state index is 0.772. The minimum Gasteiger partial charge on any atom is -0.272 e. The number of nitrogens with zero attached hydrogens (tertiary/aromatic N) is 6. The van der Waals surface area contributed by atoms with Gasteiger partial charge in [-0.25, -0.2) is 14.5 Å². The second-order valence-corrected chi connectivity index (χ2v) is 8.30. The van der Waals surface area contributed by atoms with Crippen LogP contribution in [0.4, 0.5) is 0 Å². The fourth-order valence-corrected chi connectivity index (χ4v) is 5.24. The molecule has 0 aromatic carbocycles. The van der Waals surface area contributed by atoms with Gasteiger partial charge in [-0.3, -0.25) is 4.68 Å². The van der Waals surface area contributed by atoms with Gasteiger partial charge in [0.15, 0.2) is 11.5 Å². The fourth-order valence-electron chi connectivity index (χ4n) is 3.94. The van der Waals surface area contributed by atoms with Crippen LogP contribution in [0.25, 0.3) is 15.9 Å². The van der Waals surface area contributed by atoms with Crippen LogP contribution in [0.2, 0.25) is 0 Å². The molecule has 1 atom stereocenters. The Morgan fingerprint density at radius 3 is 3.04 bits per heavy atom. The molecule has 1 aliphatic rings. The average Bonchev–Trinajstić information content (AvgIpc) is 3.34. The van der Waals surface area contributed by atoms with Gasteiger partial charge < -0.3 is 0 Å². The van der Waals surface area contributed by atoms with E-state index in [2.05, 4.69) is 22.1 Å². The van der Waals surface area contributed by atoms with E-state index < -0.39 is 0 Å². The number of aromatic nitrogens is 6. The van der Waals surface area contributed by atoms with Gasteiger partial charge in [0.1, 0.15) is 11.2 Å². The topological polar surface area (TPSA) is 60.9 Å². The summed E-state index contributed by atoms with van der Waals surface area (Å²) in [6.07, 6.45) is 9.46. The highest BCUT2D eigenvalue weighted by Gasteiger charge is 2.24.